The third-order valence-corrected chi connectivity index (χ3v) is 5.57. The van der Waals surface area contributed by atoms with Crippen LogP contribution in [-0.2, 0) is 30.5 Å². The van der Waals surface area contributed by atoms with E-state index in [1.807, 2.05) is 30.3 Å². The fourth-order valence-corrected chi connectivity index (χ4v) is 4.35. The zero-order chi connectivity index (χ0) is 22.6. The summed E-state index contributed by atoms with van der Waals surface area (Å²) < 4.78 is 10.7. The smallest absolute Gasteiger partial charge is 0.411 e. The maximum Gasteiger partial charge on any atom is 0.411 e. The van der Waals surface area contributed by atoms with Crippen molar-refractivity contribution in [2.24, 2.45) is 5.92 Å². The Bertz CT molecular complexity index is 819. The number of nitrogens with zero attached hydrogens (tertiary/aromatic N) is 1. The first-order valence-corrected chi connectivity index (χ1v) is 10.6. The lowest BCUT2D eigenvalue weighted by atomic mass is 9.97. The van der Waals surface area contributed by atoms with Gasteiger partial charge in [-0.15, -0.1) is 0 Å². The standard InChI is InChI=1S/C23H30N2O6/c1-23(2,3)31-19(27)12-17(13-26)24-21(28)20-16-9-10-18(11-16)25(20)22(29)30-14-15-7-5-4-6-8-15/h4-8,13,16-18,20H,9-12,14H2,1-3H3,(H,24,28)/t16-,17-,18-,20-/m0/s1. The number of nitrogens with one attached hydrogen (secondary N) is 1. The molecule has 0 aromatic heterocycles. The molecule has 3 rings (SSSR count). The topological polar surface area (TPSA) is 102 Å². The molecule has 168 valence electrons. The lowest BCUT2D eigenvalue weighted by molar-refractivity contribution is -0.156. The lowest BCUT2D eigenvalue weighted by Gasteiger charge is -2.34. The molecule has 1 aliphatic carbocycles. The van der Waals surface area contributed by atoms with Gasteiger partial charge in [0.1, 0.15) is 24.5 Å². The molecule has 4 atom stereocenters. The van der Waals surface area contributed by atoms with Gasteiger partial charge in [0.2, 0.25) is 5.91 Å². The zero-order valence-corrected chi connectivity index (χ0v) is 18.2. The van der Waals surface area contributed by atoms with Gasteiger partial charge in [0.05, 0.1) is 12.5 Å². The van der Waals surface area contributed by atoms with Gasteiger partial charge in [0, 0.05) is 6.04 Å². The molecule has 0 unspecified atom stereocenters. The van der Waals surface area contributed by atoms with E-state index in [1.165, 1.54) is 4.90 Å². The van der Waals surface area contributed by atoms with Crippen LogP contribution in [0.15, 0.2) is 30.3 Å². The van der Waals surface area contributed by atoms with E-state index >= 15 is 0 Å². The number of hydrogen-bond acceptors (Lipinski definition) is 6. The minimum absolute atomic E-state index is 0.0168. The van der Waals surface area contributed by atoms with E-state index in [0.29, 0.717) is 6.29 Å². The number of aldehydes is 1. The van der Waals surface area contributed by atoms with Crippen LogP contribution in [0.3, 0.4) is 0 Å². The number of carbonyl (C=O) groups is 4. The van der Waals surface area contributed by atoms with Crippen molar-refractivity contribution in [2.75, 3.05) is 0 Å². The minimum Gasteiger partial charge on any atom is -0.460 e. The van der Waals surface area contributed by atoms with Gasteiger partial charge in [0.15, 0.2) is 0 Å². The molecule has 2 amide bonds. The molecule has 1 saturated heterocycles. The van der Waals surface area contributed by atoms with Crippen molar-refractivity contribution in [1.29, 1.82) is 0 Å². The lowest BCUT2D eigenvalue weighted by Crippen LogP contribution is -2.55. The Morgan fingerprint density at radius 1 is 1.19 bits per heavy atom. The van der Waals surface area contributed by atoms with Crippen LogP contribution in [-0.4, -0.2) is 52.9 Å². The molecule has 1 saturated carbocycles. The third kappa shape index (κ3) is 5.83. The summed E-state index contributed by atoms with van der Waals surface area (Å²) in [7, 11) is 0. The average molecular weight is 431 g/mol. The Kier molecular flexibility index (Phi) is 6.97. The normalized spacial score (nSPS) is 23.2. The number of carbonyl (C=O) groups excluding carboxylic acids is 4. The van der Waals surface area contributed by atoms with Crippen molar-refractivity contribution in [1.82, 2.24) is 10.2 Å². The molecule has 2 aliphatic rings. The maximum atomic E-state index is 13.0. The van der Waals surface area contributed by atoms with E-state index in [-0.39, 0.29) is 25.0 Å². The van der Waals surface area contributed by atoms with Gasteiger partial charge in [0.25, 0.3) is 0 Å². The van der Waals surface area contributed by atoms with Crippen LogP contribution in [0.2, 0.25) is 0 Å². The predicted octanol–water partition coefficient (Wildman–Crippen LogP) is 2.59. The van der Waals surface area contributed by atoms with Crippen molar-refractivity contribution in [2.45, 2.75) is 76.8 Å². The summed E-state index contributed by atoms with van der Waals surface area (Å²) in [5, 5.41) is 2.61. The number of fused-ring (bicyclic) bond motifs is 2. The number of esters is 1. The van der Waals surface area contributed by atoms with Crippen molar-refractivity contribution in [3.05, 3.63) is 35.9 Å². The Morgan fingerprint density at radius 3 is 2.55 bits per heavy atom. The van der Waals surface area contributed by atoms with E-state index in [1.54, 1.807) is 20.8 Å². The number of amides is 2. The summed E-state index contributed by atoms with van der Waals surface area (Å²) in [6.45, 7) is 5.31. The van der Waals surface area contributed by atoms with Gasteiger partial charge in [-0.25, -0.2) is 4.79 Å². The van der Waals surface area contributed by atoms with Crippen molar-refractivity contribution in [3.63, 3.8) is 0 Å². The number of hydrogen-bond donors (Lipinski definition) is 1. The molecule has 1 aromatic carbocycles. The van der Waals surface area contributed by atoms with Gasteiger partial charge in [-0.05, 0) is 51.5 Å². The van der Waals surface area contributed by atoms with Crippen molar-refractivity contribution in [3.8, 4) is 0 Å². The van der Waals surface area contributed by atoms with Crippen molar-refractivity contribution < 1.29 is 28.7 Å². The minimum atomic E-state index is -1.01. The van der Waals surface area contributed by atoms with Crippen LogP contribution >= 0.6 is 0 Å². The second-order valence-corrected chi connectivity index (χ2v) is 9.16. The molecule has 2 bridgehead atoms. The molecule has 1 heterocycles. The quantitative estimate of drug-likeness (QED) is 0.527. The summed E-state index contributed by atoms with van der Waals surface area (Å²) in [5.74, 6) is -0.996. The fraction of sp³-hybridized carbons (Fsp3) is 0.565. The predicted molar refractivity (Wildman–Crippen MR) is 112 cm³/mol. The summed E-state index contributed by atoms with van der Waals surface area (Å²) in [5.41, 5.74) is 0.179. The highest BCUT2D eigenvalue weighted by Gasteiger charge is 2.52. The summed E-state index contributed by atoms with van der Waals surface area (Å²) in [6.07, 6.45) is 2.12. The first-order chi connectivity index (χ1) is 14.7. The van der Waals surface area contributed by atoms with E-state index in [9.17, 15) is 19.2 Å². The van der Waals surface area contributed by atoms with E-state index < -0.39 is 35.7 Å². The molecule has 8 heteroatoms. The molecule has 31 heavy (non-hydrogen) atoms. The van der Waals surface area contributed by atoms with Gasteiger partial charge >= 0.3 is 12.1 Å². The van der Waals surface area contributed by atoms with Gasteiger partial charge in [-0.2, -0.15) is 0 Å². The van der Waals surface area contributed by atoms with E-state index in [2.05, 4.69) is 5.32 Å². The highest BCUT2D eigenvalue weighted by molar-refractivity contribution is 5.90. The second-order valence-electron chi connectivity index (χ2n) is 9.16. The average Bonchev–Trinajstić information content (AvgIpc) is 3.32. The number of ether oxygens (including phenoxy) is 2. The van der Waals surface area contributed by atoms with Crippen molar-refractivity contribution >= 4 is 24.3 Å². The highest BCUT2D eigenvalue weighted by atomic mass is 16.6. The molecule has 0 radical (unpaired) electrons. The van der Waals surface area contributed by atoms with E-state index in [4.69, 9.17) is 9.47 Å². The third-order valence-electron chi connectivity index (χ3n) is 5.57. The number of rotatable bonds is 7. The number of piperidine rings is 1. The van der Waals surface area contributed by atoms with Gasteiger partial charge in [-0.3, -0.25) is 14.5 Å². The highest BCUT2D eigenvalue weighted by Crippen LogP contribution is 2.43. The zero-order valence-electron chi connectivity index (χ0n) is 18.2. The molecule has 1 N–H and O–H groups in total. The Labute approximate surface area is 182 Å². The van der Waals surface area contributed by atoms with Crippen LogP contribution in [0.5, 0.6) is 0 Å². The first kappa shape index (κ1) is 22.8. The first-order valence-electron chi connectivity index (χ1n) is 10.6. The molecule has 8 nitrogen and oxygen atoms in total. The molecule has 1 aromatic rings. The number of likely N-dealkylation sites (tertiary alicyclic amines) is 1. The summed E-state index contributed by atoms with van der Waals surface area (Å²) in [6, 6.07) is 7.56. The van der Waals surface area contributed by atoms with Gasteiger partial charge in [-0.1, -0.05) is 30.3 Å². The molecular formula is C23H30N2O6. The van der Waals surface area contributed by atoms with Crippen LogP contribution in [0.25, 0.3) is 0 Å². The van der Waals surface area contributed by atoms with Crippen LogP contribution in [0.4, 0.5) is 4.79 Å². The fourth-order valence-electron chi connectivity index (χ4n) is 4.35. The second kappa shape index (κ2) is 9.49. The van der Waals surface area contributed by atoms with Crippen LogP contribution in [0.1, 0.15) is 52.0 Å². The maximum absolute atomic E-state index is 13.0. The SMILES string of the molecule is CC(C)(C)OC(=O)C[C@@H](C=O)NC(=O)[C@@H]1[C@H]2CC[C@@H](C2)N1C(=O)OCc1ccccc1. The largest absolute Gasteiger partial charge is 0.460 e. The Balaban J connectivity index is 1.62. The molecular weight excluding hydrogens is 400 g/mol. The van der Waals surface area contributed by atoms with Crippen LogP contribution < -0.4 is 5.32 Å². The van der Waals surface area contributed by atoms with E-state index in [0.717, 1.165) is 24.8 Å². The van der Waals surface area contributed by atoms with Crippen LogP contribution in [0, 0.1) is 5.92 Å². The summed E-state index contributed by atoms with van der Waals surface area (Å²) >= 11 is 0. The molecule has 0 spiro atoms. The monoisotopic (exact) mass is 430 g/mol. The van der Waals surface area contributed by atoms with Gasteiger partial charge < -0.3 is 19.6 Å². The Morgan fingerprint density at radius 2 is 1.90 bits per heavy atom. The molecule has 2 fully saturated rings. The summed E-state index contributed by atoms with van der Waals surface area (Å²) in [4.78, 5) is 50.8. The Hall–Kier alpha value is -2.90. The molecule has 1 aliphatic heterocycles. The number of benzene rings is 1.